The van der Waals surface area contributed by atoms with Gasteiger partial charge in [0.2, 0.25) is 0 Å². The van der Waals surface area contributed by atoms with E-state index in [1.54, 1.807) is 0 Å². The summed E-state index contributed by atoms with van der Waals surface area (Å²) in [5.41, 5.74) is 10.9. The van der Waals surface area contributed by atoms with Crippen LogP contribution in [-0.4, -0.2) is 9.97 Å². The molecule has 252 valence electrons. The Morgan fingerprint density at radius 3 is 1.58 bits per heavy atom. The van der Waals surface area contributed by atoms with Crippen molar-refractivity contribution in [3.8, 4) is 44.8 Å². The van der Waals surface area contributed by atoms with E-state index >= 15 is 0 Å². The van der Waals surface area contributed by atoms with E-state index in [0.29, 0.717) is 0 Å². The first-order valence-electron chi connectivity index (χ1n) is 18.2. The van der Waals surface area contributed by atoms with E-state index in [0.717, 1.165) is 51.2 Å². The summed E-state index contributed by atoms with van der Waals surface area (Å²) >= 11 is 1.82. The molecule has 4 heterocycles. The third kappa shape index (κ3) is 5.02. The van der Waals surface area contributed by atoms with Crippen LogP contribution in [0.3, 0.4) is 0 Å². The Bertz CT molecular complexity index is 2980. The Labute approximate surface area is 311 Å². The predicted octanol–water partition coefficient (Wildman–Crippen LogP) is 14.2. The molecule has 0 aliphatic rings. The highest BCUT2D eigenvalue weighted by Gasteiger charge is 2.19. The SMILES string of the molecule is CC=Cc1c(CC)oc2c(-c3ccc(-c4c5ccccc5c(-c5ccc(-c6nccc7c6sc6ccccc67)cc5)c5ccccc45)cc3)nccc12. The average molecular weight is 699 g/mol. The quantitative estimate of drug-likeness (QED) is 0.162. The predicted molar refractivity (Wildman–Crippen MR) is 226 cm³/mol. The van der Waals surface area contributed by atoms with Crippen LogP contribution < -0.4 is 0 Å². The van der Waals surface area contributed by atoms with E-state index in [9.17, 15) is 0 Å². The Morgan fingerprint density at radius 1 is 0.528 bits per heavy atom. The summed E-state index contributed by atoms with van der Waals surface area (Å²) in [5, 5.41) is 8.56. The zero-order valence-electron chi connectivity index (χ0n) is 29.4. The zero-order chi connectivity index (χ0) is 35.5. The molecule has 0 fully saturated rings. The molecule has 0 saturated heterocycles. The van der Waals surface area contributed by atoms with Crippen LogP contribution in [0.4, 0.5) is 0 Å². The lowest BCUT2D eigenvalue weighted by atomic mass is 9.85. The molecule has 0 aliphatic heterocycles. The highest BCUT2D eigenvalue weighted by molar-refractivity contribution is 7.26. The number of aryl methyl sites for hydroxylation is 1. The number of fused-ring (bicyclic) bond motifs is 6. The van der Waals surface area contributed by atoms with Gasteiger partial charge in [-0.05, 0) is 68.9 Å². The van der Waals surface area contributed by atoms with E-state index < -0.39 is 0 Å². The number of aromatic nitrogens is 2. The molecule has 4 aromatic heterocycles. The number of thiophene rings is 1. The second-order valence-corrected chi connectivity index (χ2v) is 14.5. The van der Waals surface area contributed by atoms with Gasteiger partial charge in [0, 0.05) is 56.4 Å². The minimum absolute atomic E-state index is 0.827. The van der Waals surface area contributed by atoms with Gasteiger partial charge in [-0.25, -0.2) is 0 Å². The maximum Gasteiger partial charge on any atom is 0.161 e. The number of rotatable bonds is 6. The van der Waals surface area contributed by atoms with Crippen LogP contribution in [0, 0.1) is 0 Å². The summed E-state index contributed by atoms with van der Waals surface area (Å²) in [6, 6.07) is 48.3. The maximum absolute atomic E-state index is 6.42. The number of allylic oxidation sites excluding steroid dienone is 1. The molecule has 0 atom stereocenters. The minimum Gasteiger partial charge on any atom is -0.458 e. The Kier molecular flexibility index (Phi) is 7.52. The van der Waals surface area contributed by atoms with Crippen molar-refractivity contribution in [2.75, 3.05) is 0 Å². The second kappa shape index (κ2) is 12.7. The number of furan rings is 1. The molecule has 53 heavy (non-hydrogen) atoms. The summed E-state index contributed by atoms with van der Waals surface area (Å²) in [5.74, 6) is 0.988. The van der Waals surface area contributed by atoms with E-state index in [1.807, 2.05) is 30.7 Å². The van der Waals surface area contributed by atoms with E-state index in [4.69, 9.17) is 14.4 Å². The number of benzene rings is 6. The van der Waals surface area contributed by atoms with Crippen molar-refractivity contribution < 1.29 is 4.42 Å². The van der Waals surface area contributed by atoms with E-state index in [1.165, 1.54) is 64.0 Å². The Balaban J connectivity index is 1.09. The summed E-state index contributed by atoms with van der Waals surface area (Å²) in [6.07, 6.45) is 8.86. The average Bonchev–Trinajstić information content (AvgIpc) is 3.78. The van der Waals surface area contributed by atoms with Crippen LogP contribution in [0.25, 0.3) is 104 Å². The van der Waals surface area contributed by atoms with Crippen molar-refractivity contribution in [2.45, 2.75) is 20.3 Å². The Hall–Kier alpha value is -6.36. The lowest BCUT2D eigenvalue weighted by Crippen LogP contribution is -1.91. The first-order valence-corrected chi connectivity index (χ1v) is 19.0. The van der Waals surface area contributed by atoms with Crippen LogP contribution in [0.5, 0.6) is 0 Å². The lowest BCUT2D eigenvalue weighted by molar-refractivity contribution is 0.556. The van der Waals surface area contributed by atoms with Gasteiger partial charge in [0.25, 0.3) is 0 Å². The summed E-state index contributed by atoms with van der Waals surface area (Å²) in [4.78, 5) is 9.68. The molecule has 0 unspecified atom stereocenters. The van der Waals surface area contributed by atoms with Crippen LogP contribution >= 0.6 is 11.3 Å². The van der Waals surface area contributed by atoms with Crippen LogP contribution in [0.2, 0.25) is 0 Å². The smallest absolute Gasteiger partial charge is 0.161 e. The van der Waals surface area contributed by atoms with Crippen molar-refractivity contribution in [3.63, 3.8) is 0 Å². The van der Waals surface area contributed by atoms with Crippen LogP contribution in [0.1, 0.15) is 25.2 Å². The normalized spacial score (nSPS) is 12.0. The second-order valence-electron chi connectivity index (χ2n) is 13.5. The van der Waals surface area contributed by atoms with Gasteiger partial charge in [-0.15, -0.1) is 11.3 Å². The van der Waals surface area contributed by atoms with Gasteiger partial charge in [-0.1, -0.05) is 134 Å². The van der Waals surface area contributed by atoms with Crippen LogP contribution in [-0.2, 0) is 6.42 Å². The standard InChI is InChI=1S/C49H34N2OS/c1-3-11-34-40-26-28-50-46(48(40)52-42(34)4-2)32-22-18-30(19-23-32)44-36-13-5-7-15-38(36)45(39-16-8-6-14-37(39)44)31-20-24-33(25-21-31)47-49-41(27-29-51-47)35-12-9-10-17-43(35)53-49/h3,5-29H,4H2,1-2H3. The van der Waals surface area contributed by atoms with Gasteiger partial charge in [0.05, 0.1) is 10.4 Å². The van der Waals surface area contributed by atoms with Gasteiger partial charge in [-0.3, -0.25) is 9.97 Å². The molecule has 3 nitrogen and oxygen atoms in total. The summed E-state index contributed by atoms with van der Waals surface area (Å²) in [7, 11) is 0. The van der Waals surface area contributed by atoms with Crippen molar-refractivity contribution >= 4 is 70.1 Å². The van der Waals surface area contributed by atoms with Crippen LogP contribution in [0.15, 0.2) is 156 Å². The Morgan fingerprint density at radius 2 is 1.02 bits per heavy atom. The molecular formula is C49H34N2OS. The molecule has 0 amide bonds. The number of pyridine rings is 2. The number of hydrogen-bond acceptors (Lipinski definition) is 4. The molecule has 4 heteroatoms. The molecule has 0 bridgehead atoms. The fraction of sp³-hybridized carbons (Fsp3) is 0.0612. The van der Waals surface area contributed by atoms with E-state index in [-0.39, 0.29) is 0 Å². The fourth-order valence-electron chi connectivity index (χ4n) is 8.11. The molecule has 10 rings (SSSR count). The monoisotopic (exact) mass is 698 g/mol. The highest BCUT2D eigenvalue weighted by atomic mass is 32.1. The summed E-state index contributed by atoms with van der Waals surface area (Å²) in [6.45, 7) is 4.18. The van der Waals surface area contributed by atoms with E-state index in [2.05, 4.69) is 153 Å². The minimum atomic E-state index is 0.827. The molecule has 0 spiro atoms. The number of nitrogens with zero attached hydrogens (tertiary/aromatic N) is 2. The van der Waals surface area contributed by atoms with Gasteiger partial charge < -0.3 is 4.42 Å². The van der Waals surface area contributed by atoms with Gasteiger partial charge >= 0.3 is 0 Å². The molecule has 0 saturated carbocycles. The largest absolute Gasteiger partial charge is 0.458 e. The fourth-order valence-corrected chi connectivity index (χ4v) is 9.32. The third-order valence-electron chi connectivity index (χ3n) is 10.5. The molecule has 0 N–H and O–H groups in total. The third-order valence-corrected chi connectivity index (χ3v) is 11.7. The molecule has 0 radical (unpaired) electrons. The van der Waals surface area contributed by atoms with Gasteiger partial charge in [0.15, 0.2) is 5.58 Å². The van der Waals surface area contributed by atoms with Crippen molar-refractivity contribution in [2.24, 2.45) is 0 Å². The lowest BCUT2D eigenvalue weighted by Gasteiger charge is -2.18. The van der Waals surface area contributed by atoms with Gasteiger partial charge in [-0.2, -0.15) is 0 Å². The van der Waals surface area contributed by atoms with Gasteiger partial charge in [0.1, 0.15) is 11.5 Å². The molecular weight excluding hydrogens is 665 g/mol. The van der Waals surface area contributed by atoms with Crippen molar-refractivity contribution in [1.29, 1.82) is 0 Å². The first-order chi connectivity index (χ1) is 26.2. The topological polar surface area (TPSA) is 38.9 Å². The summed E-state index contributed by atoms with van der Waals surface area (Å²) < 4.78 is 8.94. The maximum atomic E-state index is 6.42. The highest BCUT2D eigenvalue weighted by Crippen LogP contribution is 2.45. The zero-order valence-corrected chi connectivity index (χ0v) is 30.2. The molecule has 6 aromatic carbocycles. The van der Waals surface area contributed by atoms with Crippen molar-refractivity contribution in [1.82, 2.24) is 9.97 Å². The first kappa shape index (κ1) is 31.4. The number of hydrogen-bond donors (Lipinski definition) is 0. The molecule has 0 aliphatic carbocycles. The van der Waals surface area contributed by atoms with Crippen molar-refractivity contribution in [3.05, 3.63) is 163 Å². The molecule has 10 aromatic rings.